The zero-order valence-electron chi connectivity index (χ0n) is 10.0. The Morgan fingerprint density at radius 1 is 0.600 bits per heavy atom. The normalized spacial score (nSPS) is 14.7. The van der Waals surface area contributed by atoms with Gasteiger partial charge in [-0.3, -0.25) is 0 Å². The molecule has 0 aromatic heterocycles. The lowest BCUT2D eigenvalue weighted by Crippen LogP contribution is -2.60. The van der Waals surface area contributed by atoms with Gasteiger partial charge < -0.3 is 0 Å². The molecule has 0 aliphatic rings. The maximum absolute atomic E-state index is 13.0. The fourth-order valence-electron chi connectivity index (χ4n) is 1.36. The molecule has 10 heteroatoms. The Morgan fingerprint density at radius 3 is 1.45 bits per heavy atom. The lowest BCUT2D eigenvalue weighted by Gasteiger charge is -2.33. The van der Waals surface area contributed by atoms with Crippen molar-refractivity contribution in [2.24, 2.45) is 0 Å². The van der Waals surface area contributed by atoms with Gasteiger partial charge in [-0.25, -0.2) is 0 Å². The van der Waals surface area contributed by atoms with Crippen molar-refractivity contribution in [2.45, 2.75) is 56.0 Å². The molecule has 0 N–H and O–H groups in total. The molecule has 0 saturated heterocycles. The Balaban J connectivity index is 4.81. The maximum Gasteiger partial charge on any atom is 0.460 e. The van der Waals surface area contributed by atoms with E-state index in [9.17, 15) is 39.5 Å². The van der Waals surface area contributed by atoms with E-state index in [1.165, 1.54) is 0 Å². The van der Waals surface area contributed by atoms with Gasteiger partial charge in [0.2, 0.25) is 0 Å². The Kier molecular flexibility index (Phi) is 6.50. The van der Waals surface area contributed by atoms with Gasteiger partial charge in [-0.2, -0.15) is 39.5 Å². The van der Waals surface area contributed by atoms with Gasteiger partial charge in [0.25, 0.3) is 0 Å². The lowest BCUT2D eigenvalue weighted by atomic mass is 9.98. The van der Waals surface area contributed by atoms with Crippen LogP contribution in [0.5, 0.6) is 0 Å². The fourth-order valence-corrected chi connectivity index (χ4v) is 1.55. The quantitative estimate of drug-likeness (QED) is 0.305. The Morgan fingerprint density at radius 2 is 1.05 bits per heavy atom. The van der Waals surface area contributed by atoms with E-state index in [2.05, 4.69) is 0 Å². The summed E-state index contributed by atoms with van der Waals surface area (Å²) in [5.74, 6) is -18.5. The summed E-state index contributed by atoms with van der Waals surface area (Å²) in [5, 5.41) is 0. The highest BCUT2D eigenvalue weighted by Gasteiger charge is 2.81. The van der Waals surface area contributed by atoms with Crippen molar-refractivity contribution in [3.8, 4) is 0 Å². The van der Waals surface area contributed by atoms with E-state index in [1.807, 2.05) is 0 Å². The van der Waals surface area contributed by atoms with Crippen LogP contribution in [0.25, 0.3) is 0 Å². The first-order chi connectivity index (χ1) is 8.81. The SMILES string of the molecule is FC(F)(F)C(F)(F)C(F)(F)C(F)(F)CCCCCCCl. The molecule has 0 aliphatic carbocycles. The summed E-state index contributed by atoms with van der Waals surface area (Å²) >= 11 is 5.26. The second-order valence-electron chi connectivity index (χ2n) is 4.20. The molecule has 0 rings (SSSR count). The molecule has 0 radical (unpaired) electrons. The molecule has 0 unspecified atom stereocenters. The fraction of sp³-hybridized carbons (Fsp3) is 1.00. The van der Waals surface area contributed by atoms with E-state index in [1.54, 1.807) is 0 Å². The maximum atomic E-state index is 13.0. The molecule has 0 aliphatic heterocycles. The zero-order chi connectivity index (χ0) is 16.2. The van der Waals surface area contributed by atoms with Crippen LogP contribution in [0.3, 0.4) is 0 Å². The van der Waals surface area contributed by atoms with Gasteiger partial charge in [-0.15, -0.1) is 11.6 Å². The monoisotopic (exact) mass is 338 g/mol. The number of unbranched alkanes of at least 4 members (excludes halogenated alkanes) is 3. The zero-order valence-corrected chi connectivity index (χ0v) is 10.8. The first kappa shape index (κ1) is 19.7. The van der Waals surface area contributed by atoms with E-state index in [0.717, 1.165) is 0 Å². The highest BCUT2D eigenvalue weighted by Crippen LogP contribution is 2.54. The third-order valence-corrected chi connectivity index (χ3v) is 2.85. The largest absolute Gasteiger partial charge is 0.460 e. The summed E-state index contributed by atoms with van der Waals surface area (Å²) in [4.78, 5) is 0. The van der Waals surface area contributed by atoms with E-state index >= 15 is 0 Å². The summed E-state index contributed by atoms with van der Waals surface area (Å²) < 4.78 is 112. The number of hydrogen-bond donors (Lipinski definition) is 0. The van der Waals surface area contributed by atoms with Crippen LogP contribution >= 0.6 is 11.6 Å². The van der Waals surface area contributed by atoms with E-state index in [-0.39, 0.29) is 12.3 Å². The van der Waals surface area contributed by atoms with E-state index < -0.39 is 36.8 Å². The molecule has 20 heavy (non-hydrogen) atoms. The molecule has 0 atom stereocenters. The van der Waals surface area contributed by atoms with Crippen LogP contribution in [0.4, 0.5) is 39.5 Å². The van der Waals surface area contributed by atoms with Gasteiger partial charge in [-0.1, -0.05) is 12.8 Å². The lowest BCUT2D eigenvalue weighted by molar-refractivity contribution is -0.396. The number of rotatable bonds is 8. The van der Waals surface area contributed by atoms with Gasteiger partial charge >= 0.3 is 23.9 Å². The van der Waals surface area contributed by atoms with E-state index in [4.69, 9.17) is 11.6 Å². The van der Waals surface area contributed by atoms with Crippen LogP contribution in [-0.2, 0) is 0 Å². The summed E-state index contributed by atoms with van der Waals surface area (Å²) in [6.45, 7) is 0. The summed E-state index contributed by atoms with van der Waals surface area (Å²) in [7, 11) is 0. The van der Waals surface area contributed by atoms with Crippen LogP contribution in [0.2, 0.25) is 0 Å². The molecule has 0 aromatic carbocycles. The summed E-state index contributed by atoms with van der Waals surface area (Å²) in [5.41, 5.74) is 0. The molecule has 122 valence electrons. The van der Waals surface area contributed by atoms with E-state index in [0.29, 0.717) is 12.8 Å². The molecule has 0 spiro atoms. The minimum absolute atomic E-state index is 0.0179. The van der Waals surface area contributed by atoms with Crippen molar-refractivity contribution in [2.75, 3.05) is 5.88 Å². The molecule has 0 heterocycles. The van der Waals surface area contributed by atoms with Crippen molar-refractivity contribution in [1.29, 1.82) is 0 Å². The van der Waals surface area contributed by atoms with Crippen molar-refractivity contribution in [3.05, 3.63) is 0 Å². The second-order valence-corrected chi connectivity index (χ2v) is 4.58. The second kappa shape index (κ2) is 6.62. The van der Waals surface area contributed by atoms with Crippen molar-refractivity contribution >= 4 is 11.6 Å². The van der Waals surface area contributed by atoms with Crippen LogP contribution in [0.1, 0.15) is 32.1 Å². The van der Waals surface area contributed by atoms with Gasteiger partial charge in [0.05, 0.1) is 0 Å². The minimum Gasteiger partial charge on any atom is -0.200 e. The average Bonchev–Trinajstić information content (AvgIpc) is 2.26. The minimum atomic E-state index is -6.79. The smallest absolute Gasteiger partial charge is 0.200 e. The Labute approximate surface area is 114 Å². The molecule has 0 amide bonds. The van der Waals surface area contributed by atoms with Crippen LogP contribution in [0, 0.1) is 0 Å². The summed E-state index contributed by atoms with van der Waals surface area (Å²) in [6, 6.07) is 0. The number of alkyl halides is 10. The molecule has 0 nitrogen and oxygen atoms in total. The predicted molar refractivity (Wildman–Crippen MR) is 54.7 cm³/mol. The molecule has 0 saturated carbocycles. The van der Waals surface area contributed by atoms with Crippen molar-refractivity contribution < 1.29 is 39.5 Å². The third-order valence-electron chi connectivity index (χ3n) is 2.58. The Bertz CT molecular complexity index is 298. The van der Waals surface area contributed by atoms with Crippen LogP contribution < -0.4 is 0 Å². The number of hydrogen-bond acceptors (Lipinski definition) is 0. The van der Waals surface area contributed by atoms with Crippen LogP contribution in [-0.4, -0.2) is 29.8 Å². The van der Waals surface area contributed by atoms with Crippen LogP contribution in [0.15, 0.2) is 0 Å². The standard InChI is InChI=1S/C10H12ClF9/c11-6-4-2-1-3-5-7(12,13)8(14,15)9(16,17)10(18,19)20/h1-6H2. The number of halogens is 10. The van der Waals surface area contributed by atoms with Gasteiger partial charge in [0.15, 0.2) is 0 Å². The topological polar surface area (TPSA) is 0 Å². The van der Waals surface area contributed by atoms with Gasteiger partial charge in [-0.05, 0) is 12.8 Å². The summed E-state index contributed by atoms with van der Waals surface area (Å²) in [6.07, 6.45) is -8.43. The van der Waals surface area contributed by atoms with Crippen molar-refractivity contribution in [3.63, 3.8) is 0 Å². The first-order valence-electron chi connectivity index (χ1n) is 5.57. The first-order valence-corrected chi connectivity index (χ1v) is 6.11. The predicted octanol–water partition coefficient (Wildman–Crippen LogP) is 5.64. The molecule has 0 aromatic rings. The highest BCUT2D eigenvalue weighted by molar-refractivity contribution is 6.17. The highest BCUT2D eigenvalue weighted by atomic mass is 35.5. The van der Waals surface area contributed by atoms with Gasteiger partial charge in [0.1, 0.15) is 0 Å². The third kappa shape index (κ3) is 4.08. The molecule has 0 bridgehead atoms. The molecular formula is C10H12ClF9. The van der Waals surface area contributed by atoms with Crippen molar-refractivity contribution in [1.82, 2.24) is 0 Å². The average molecular weight is 339 g/mol. The molecular weight excluding hydrogens is 327 g/mol. The van der Waals surface area contributed by atoms with Gasteiger partial charge in [0, 0.05) is 12.3 Å². The Hall–Kier alpha value is -0.340. The molecule has 0 fully saturated rings.